The number of esters is 1. The Morgan fingerprint density at radius 3 is 2.71 bits per heavy atom. The first-order valence-corrected chi connectivity index (χ1v) is 8.22. The van der Waals surface area contributed by atoms with E-state index in [1.807, 2.05) is 6.26 Å². The monoisotopic (exact) mass is 350 g/mol. The van der Waals surface area contributed by atoms with Gasteiger partial charge in [0, 0.05) is 5.02 Å². The van der Waals surface area contributed by atoms with Crippen LogP contribution in [0, 0.1) is 0 Å². The quantitative estimate of drug-likeness (QED) is 0.771. The lowest BCUT2D eigenvalue weighted by atomic mass is 10.2. The van der Waals surface area contributed by atoms with Crippen molar-refractivity contribution in [1.29, 1.82) is 0 Å². The van der Waals surface area contributed by atoms with Gasteiger partial charge in [-0.1, -0.05) is 23.2 Å². The topological polar surface area (TPSA) is 67.4 Å². The van der Waals surface area contributed by atoms with Gasteiger partial charge < -0.3 is 15.4 Å². The molecule has 0 heterocycles. The van der Waals surface area contributed by atoms with Gasteiger partial charge in [-0.2, -0.15) is 11.8 Å². The van der Waals surface area contributed by atoms with Crippen LogP contribution in [-0.4, -0.2) is 37.2 Å². The predicted molar refractivity (Wildman–Crippen MR) is 87.4 cm³/mol. The van der Waals surface area contributed by atoms with Crippen LogP contribution < -0.4 is 10.6 Å². The standard InChI is InChI=1S/C13H16Cl2N2O3S/c1-20-12(18)10(5-6-21-2)16-13(19)17-11-7-8(14)3-4-9(11)15/h3-4,7,10H,5-6H2,1-2H3,(H2,16,17,19)/t10-/m0/s1. The van der Waals surface area contributed by atoms with Gasteiger partial charge in [-0.3, -0.25) is 0 Å². The molecular formula is C13H16Cl2N2O3S. The van der Waals surface area contributed by atoms with E-state index >= 15 is 0 Å². The number of rotatable bonds is 6. The lowest BCUT2D eigenvalue weighted by molar-refractivity contribution is -0.142. The molecule has 0 saturated heterocycles. The molecule has 0 bridgehead atoms. The van der Waals surface area contributed by atoms with Crippen molar-refractivity contribution in [3.63, 3.8) is 0 Å². The van der Waals surface area contributed by atoms with Gasteiger partial charge in [0.1, 0.15) is 6.04 Å². The summed E-state index contributed by atoms with van der Waals surface area (Å²) in [6.45, 7) is 0. The Hall–Kier alpha value is -1.11. The van der Waals surface area contributed by atoms with Gasteiger partial charge in [-0.25, -0.2) is 9.59 Å². The van der Waals surface area contributed by atoms with Gasteiger partial charge in [-0.05, 0) is 36.6 Å². The third-order valence-corrected chi connectivity index (χ3v) is 3.79. The average molecular weight is 351 g/mol. The van der Waals surface area contributed by atoms with Crippen molar-refractivity contribution >= 4 is 52.7 Å². The number of halogens is 2. The van der Waals surface area contributed by atoms with Gasteiger partial charge in [0.2, 0.25) is 0 Å². The van der Waals surface area contributed by atoms with Crippen LogP contribution >= 0.6 is 35.0 Å². The van der Waals surface area contributed by atoms with E-state index in [-0.39, 0.29) is 0 Å². The number of thioether (sulfide) groups is 1. The van der Waals surface area contributed by atoms with Crippen molar-refractivity contribution in [2.45, 2.75) is 12.5 Å². The van der Waals surface area contributed by atoms with E-state index in [4.69, 9.17) is 23.2 Å². The van der Waals surface area contributed by atoms with E-state index in [0.717, 1.165) is 5.75 Å². The van der Waals surface area contributed by atoms with Crippen LogP contribution in [-0.2, 0) is 9.53 Å². The molecule has 8 heteroatoms. The molecule has 5 nitrogen and oxygen atoms in total. The number of carbonyl (C=O) groups is 2. The Morgan fingerprint density at radius 1 is 1.38 bits per heavy atom. The first-order chi connectivity index (χ1) is 9.97. The highest BCUT2D eigenvalue weighted by molar-refractivity contribution is 7.98. The zero-order chi connectivity index (χ0) is 15.8. The van der Waals surface area contributed by atoms with Gasteiger partial charge in [0.15, 0.2) is 0 Å². The molecule has 0 aromatic heterocycles. The third-order valence-electron chi connectivity index (χ3n) is 2.58. The summed E-state index contributed by atoms with van der Waals surface area (Å²) < 4.78 is 4.67. The minimum Gasteiger partial charge on any atom is -0.467 e. The molecule has 116 valence electrons. The van der Waals surface area contributed by atoms with Gasteiger partial charge >= 0.3 is 12.0 Å². The van der Waals surface area contributed by atoms with Crippen molar-refractivity contribution in [3.05, 3.63) is 28.2 Å². The second kappa shape index (κ2) is 9.02. The molecule has 0 aliphatic rings. The van der Waals surface area contributed by atoms with Gasteiger partial charge in [0.25, 0.3) is 0 Å². The van der Waals surface area contributed by atoms with Crippen molar-refractivity contribution < 1.29 is 14.3 Å². The molecule has 1 aromatic rings. The summed E-state index contributed by atoms with van der Waals surface area (Å²) in [5.41, 5.74) is 0.371. The third kappa shape index (κ3) is 6.03. The number of benzene rings is 1. The molecule has 1 rings (SSSR count). The van der Waals surface area contributed by atoms with Crippen LogP contribution in [0.5, 0.6) is 0 Å². The molecule has 0 fully saturated rings. The summed E-state index contributed by atoms with van der Waals surface area (Å²) in [5, 5.41) is 5.91. The van der Waals surface area contributed by atoms with Crippen LogP contribution in [0.15, 0.2) is 18.2 Å². The summed E-state index contributed by atoms with van der Waals surface area (Å²) in [4.78, 5) is 23.5. The maximum absolute atomic E-state index is 11.9. The largest absolute Gasteiger partial charge is 0.467 e. The fraction of sp³-hybridized carbons (Fsp3) is 0.385. The van der Waals surface area contributed by atoms with Gasteiger partial charge in [-0.15, -0.1) is 0 Å². The Balaban J connectivity index is 2.68. The number of hydrogen-bond acceptors (Lipinski definition) is 4. The number of carbonyl (C=O) groups excluding carboxylic acids is 2. The van der Waals surface area contributed by atoms with Gasteiger partial charge in [0.05, 0.1) is 17.8 Å². The molecule has 0 spiro atoms. The van der Waals surface area contributed by atoms with E-state index < -0.39 is 18.0 Å². The summed E-state index contributed by atoms with van der Waals surface area (Å²) in [5.74, 6) is 0.231. The van der Waals surface area contributed by atoms with E-state index in [0.29, 0.717) is 22.2 Å². The smallest absolute Gasteiger partial charge is 0.328 e. The first-order valence-electron chi connectivity index (χ1n) is 6.07. The van der Waals surface area contributed by atoms with Crippen LogP contribution in [0.25, 0.3) is 0 Å². The number of amides is 2. The number of methoxy groups -OCH3 is 1. The molecular weight excluding hydrogens is 335 g/mol. The van der Waals surface area contributed by atoms with E-state index in [2.05, 4.69) is 15.4 Å². The highest BCUT2D eigenvalue weighted by atomic mass is 35.5. The lowest BCUT2D eigenvalue weighted by Crippen LogP contribution is -2.44. The summed E-state index contributed by atoms with van der Waals surface area (Å²) in [6.07, 6.45) is 2.39. The minimum absolute atomic E-state index is 0.355. The number of hydrogen-bond donors (Lipinski definition) is 2. The van der Waals surface area contributed by atoms with Crippen LogP contribution in [0.1, 0.15) is 6.42 Å². The fourth-order valence-corrected chi connectivity index (χ4v) is 2.35. The van der Waals surface area contributed by atoms with E-state index in [9.17, 15) is 9.59 Å². The summed E-state index contributed by atoms with van der Waals surface area (Å²) >= 11 is 13.4. The predicted octanol–water partition coefficient (Wildman–Crippen LogP) is 3.41. The van der Waals surface area contributed by atoms with Crippen LogP contribution in [0.4, 0.5) is 10.5 Å². The maximum atomic E-state index is 11.9. The minimum atomic E-state index is -0.708. The molecule has 1 atom stereocenters. The Morgan fingerprint density at radius 2 is 2.10 bits per heavy atom. The normalized spacial score (nSPS) is 11.6. The average Bonchev–Trinajstić information content (AvgIpc) is 2.46. The highest BCUT2D eigenvalue weighted by Crippen LogP contribution is 2.25. The number of ether oxygens (including phenoxy) is 1. The molecule has 0 aliphatic heterocycles. The first kappa shape index (κ1) is 17.9. The molecule has 0 saturated carbocycles. The zero-order valence-electron chi connectivity index (χ0n) is 11.6. The Bertz CT molecular complexity index is 514. The SMILES string of the molecule is COC(=O)[C@H](CCSC)NC(=O)Nc1cc(Cl)ccc1Cl. The molecule has 0 aliphatic carbocycles. The maximum Gasteiger partial charge on any atom is 0.328 e. The van der Waals surface area contributed by atoms with Crippen molar-refractivity contribution in [1.82, 2.24) is 5.32 Å². The van der Waals surface area contributed by atoms with Crippen molar-refractivity contribution in [3.8, 4) is 0 Å². The molecule has 2 amide bonds. The molecule has 21 heavy (non-hydrogen) atoms. The molecule has 1 aromatic carbocycles. The summed E-state index contributed by atoms with van der Waals surface area (Å²) in [6, 6.07) is 3.46. The molecule has 0 radical (unpaired) electrons. The van der Waals surface area contributed by atoms with E-state index in [1.54, 1.807) is 23.9 Å². The van der Waals surface area contributed by atoms with Crippen LogP contribution in [0.3, 0.4) is 0 Å². The Labute approximate surface area is 137 Å². The number of nitrogens with one attached hydrogen (secondary N) is 2. The molecule has 0 unspecified atom stereocenters. The second-order valence-electron chi connectivity index (χ2n) is 4.08. The van der Waals surface area contributed by atoms with Crippen LogP contribution in [0.2, 0.25) is 10.0 Å². The zero-order valence-corrected chi connectivity index (χ0v) is 13.9. The number of anilines is 1. The summed E-state index contributed by atoms with van der Waals surface area (Å²) in [7, 11) is 1.28. The fourth-order valence-electron chi connectivity index (χ4n) is 1.54. The molecule has 2 N–H and O–H groups in total. The van der Waals surface area contributed by atoms with E-state index in [1.165, 1.54) is 13.2 Å². The highest BCUT2D eigenvalue weighted by Gasteiger charge is 2.21. The lowest BCUT2D eigenvalue weighted by Gasteiger charge is -2.17. The van der Waals surface area contributed by atoms with Crippen molar-refractivity contribution in [2.75, 3.05) is 24.4 Å². The second-order valence-corrected chi connectivity index (χ2v) is 5.91. The Kier molecular flexibility index (Phi) is 7.71. The van der Waals surface area contributed by atoms with Crippen molar-refractivity contribution in [2.24, 2.45) is 0 Å². The number of urea groups is 1.